The summed E-state index contributed by atoms with van der Waals surface area (Å²) >= 11 is 11.3. The van der Waals surface area contributed by atoms with Gasteiger partial charge in [-0.3, -0.25) is 4.68 Å². The van der Waals surface area contributed by atoms with Gasteiger partial charge in [0.15, 0.2) is 5.11 Å². The van der Waals surface area contributed by atoms with Crippen molar-refractivity contribution >= 4 is 28.9 Å². The van der Waals surface area contributed by atoms with Gasteiger partial charge >= 0.3 is 0 Å². The van der Waals surface area contributed by atoms with Crippen LogP contribution in [-0.4, -0.2) is 27.5 Å². The Balaban J connectivity index is 1.59. The standard InChI is InChI=1S/C14H23ClN4S/c1-11-13(15)10-19(18-11)9-5-8-16-14(20)17-12-6-3-2-4-7-12/h10,12H,2-9H2,1H3,(H2,16,17,20). The van der Waals surface area contributed by atoms with E-state index in [-0.39, 0.29) is 0 Å². The number of hydrogen-bond acceptors (Lipinski definition) is 2. The maximum atomic E-state index is 5.97. The smallest absolute Gasteiger partial charge is 0.166 e. The number of nitrogens with zero attached hydrogens (tertiary/aromatic N) is 2. The number of halogens is 1. The second kappa shape index (κ2) is 7.84. The predicted molar refractivity (Wildman–Crippen MR) is 87.2 cm³/mol. The molecule has 0 aromatic carbocycles. The van der Waals surface area contributed by atoms with Crippen molar-refractivity contribution < 1.29 is 0 Å². The van der Waals surface area contributed by atoms with Crippen LogP contribution in [0.4, 0.5) is 0 Å². The van der Waals surface area contributed by atoms with Crippen molar-refractivity contribution in [2.75, 3.05) is 6.54 Å². The van der Waals surface area contributed by atoms with E-state index in [4.69, 9.17) is 23.8 Å². The van der Waals surface area contributed by atoms with Crippen LogP contribution in [0, 0.1) is 6.92 Å². The van der Waals surface area contributed by atoms with Gasteiger partial charge < -0.3 is 10.6 Å². The van der Waals surface area contributed by atoms with Crippen molar-refractivity contribution in [1.29, 1.82) is 0 Å². The molecule has 4 nitrogen and oxygen atoms in total. The molecule has 1 aromatic rings. The summed E-state index contributed by atoms with van der Waals surface area (Å²) in [6.45, 7) is 3.63. The molecular weight excluding hydrogens is 292 g/mol. The average molecular weight is 315 g/mol. The number of aryl methyl sites for hydroxylation is 2. The zero-order valence-corrected chi connectivity index (χ0v) is 13.6. The van der Waals surface area contributed by atoms with E-state index >= 15 is 0 Å². The largest absolute Gasteiger partial charge is 0.363 e. The summed E-state index contributed by atoms with van der Waals surface area (Å²) in [5, 5.41) is 12.5. The van der Waals surface area contributed by atoms with Crippen molar-refractivity contribution in [3.63, 3.8) is 0 Å². The van der Waals surface area contributed by atoms with Gasteiger partial charge in [-0.25, -0.2) is 0 Å². The molecule has 1 aliphatic rings. The van der Waals surface area contributed by atoms with Crippen molar-refractivity contribution in [1.82, 2.24) is 20.4 Å². The summed E-state index contributed by atoms with van der Waals surface area (Å²) in [5.41, 5.74) is 0.883. The second-order valence-electron chi connectivity index (χ2n) is 5.41. The van der Waals surface area contributed by atoms with Crippen LogP contribution in [0.15, 0.2) is 6.20 Å². The molecule has 0 amide bonds. The van der Waals surface area contributed by atoms with Crippen molar-refractivity contribution in [2.24, 2.45) is 0 Å². The Kier molecular flexibility index (Phi) is 6.10. The van der Waals surface area contributed by atoms with E-state index in [1.807, 2.05) is 17.8 Å². The molecule has 0 saturated heterocycles. The molecule has 1 fully saturated rings. The molecule has 1 aliphatic carbocycles. The number of rotatable bonds is 5. The first kappa shape index (κ1) is 15.6. The predicted octanol–water partition coefficient (Wildman–Crippen LogP) is 3.03. The fraction of sp³-hybridized carbons (Fsp3) is 0.714. The summed E-state index contributed by atoms with van der Waals surface area (Å²) in [7, 11) is 0. The number of aromatic nitrogens is 2. The van der Waals surface area contributed by atoms with Gasteiger partial charge in [-0.1, -0.05) is 30.9 Å². The van der Waals surface area contributed by atoms with Crippen LogP contribution < -0.4 is 10.6 Å². The molecule has 1 saturated carbocycles. The van der Waals surface area contributed by atoms with Crippen LogP contribution in [0.2, 0.25) is 5.02 Å². The molecule has 6 heteroatoms. The van der Waals surface area contributed by atoms with E-state index in [2.05, 4.69) is 15.7 Å². The first-order valence-corrected chi connectivity index (χ1v) is 8.17. The second-order valence-corrected chi connectivity index (χ2v) is 6.23. The summed E-state index contributed by atoms with van der Waals surface area (Å²) in [4.78, 5) is 0. The summed E-state index contributed by atoms with van der Waals surface area (Å²) in [5.74, 6) is 0. The molecule has 0 unspecified atom stereocenters. The minimum atomic E-state index is 0.566. The molecule has 0 spiro atoms. The molecule has 20 heavy (non-hydrogen) atoms. The number of hydrogen-bond donors (Lipinski definition) is 2. The highest BCUT2D eigenvalue weighted by atomic mass is 35.5. The Morgan fingerprint density at radius 3 is 2.85 bits per heavy atom. The number of nitrogens with one attached hydrogen (secondary N) is 2. The molecule has 2 rings (SSSR count). The van der Waals surface area contributed by atoms with Gasteiger partial charge in [0.05, 0.1) is 10.7 Å². The fourth-order valence-electron chi connectivity index (χ4n) is 2.53. The lowest BCUT2D eigenvalue weighted by molar-refractivity contribution is 0.411. The minimum Gasteiger partial charge on any atom is -0.363 e. The normalized spacial score (nSPS) is 16.1. The van der Waals surface area contributed by atoms with Gasteiger partial charge in [-0.05, 0) is 38.4 Å². The van der Waals surface area contributed by atoms with Crippen molar-refractivity contribution in [2.45, 2.75) is 58.0 Å². The number of thiocarbonyl (C=S) groups is 1. The molecule has 1 aromatic heterocycles. The van der Waals surface area contributed by atoms with Crippen molar-refractivity contribution in [3.8, 4) is 0 Å². The average Bonchev–Trinajstić information content (AvgIpc) is 2.75. The van der Waals surface area contributed by atoms with Gasteiger partial charge in [0, 0.05) is 25.3 Å². The molecule has 112 valence electrons. The quantitative estimate of drug-likeness (QED) is 0.647. The van der Waals surface area contributed by atoms with E-state index in [0.717, 1.165) is 35.3 Å². The highest BCUT2D eigenvalue weighted by molar-refractivity contribution is 7.80. The van der Waals surface area contributed by atoms with Crippen LogP contribution in [0.25, 0.3) is 0 Å². The van der Waals surface area contributed by atoms with E-state index in [9.17, 15) is 0 Å². The lowest BCUT2D eigenvalue weighted by Gasteiger charge is -2.24. The summed E-state index contributed by atoms with van der Waals surface area (Å²) in [6.07, 6.45) is 9.34. The van der Waals surface area contributed by atoms with Crippen LogP contribution in [0.3, 0.4) is 0 Å². The fourth-order valence-corrected chi connectivity index (χ4v) is 2.95. The van der Waals surface area contributed by atoms with Gasteiger partial charge in [-0.15, -0.1) is 0 Å². The van der Waals surface area contributed by atoms with Crippen LogP contribution >= 0.6 is 23.8 Å². The Hall–Kier alpha value is -0.810. The molecule has 0 radical (unpaired) electrons. The van der Waals surface area contributed by atoms with E-state index < -0.39 is 0 Å². The third-order valence-corrected chi connectivity index (χ3v) is 4.31. The maximum Gasteiger partial charge on any atom is 0.166 e. The Morgan fingerprint density at radius 1 is 1.45 bits per heavy atom. The molecule has 2 N–H and O–H groups in total. The van der Waals surface area contributed by atoms with Crippen LogP contribution in [0.1, 0.15) is 44.2 Å². The van der Waals surface area contributed by atoms with E-state index in [1.165, 1.54) is 32.1 Å². The molecular formula is C14H23ClN4S. The molecule has 0 atom stereocenters. The highest BCUT2D eigenvalue weighted by Gasteiger charge is 2.13. The zero-order valence-electron chi connectivity index (χ0n) is 12.0. The minimum absolute atomic E-state index is 0.566. The summed E-state index contributed by atoms with van der Waals surface area (Å²) < 4.78 is 1.89. The van der Waals surface area contributed by atoms with Crippen LogP contribution in [-0.2, 0) is 6.54 Å². The lowest BCUT2D eigenvalue weighted by Crippen LogP contribution is -2.43. The first-order chi connectivity index (χ1) is 9.65. The van der Waals surface area contributed by atoms with E-state index in [0.29, 0.717) is 6.04 Å². The van der Waals surface area contributed by atoms with Gasteiger partial charge in [0.25, 0.3) is 0 Å². The zero-order chi connectivity index (χ0) is 14.4. The monoisotopic (exact) mass is 314 g/mol. The Labute approximate surface area is 131 Å². The Bertz CT molecular complexity index is 421. The third-order valence-electron chi connectivity index (χ3n) is 3.68. The first-order valence-electron chi connectivity index (χ1n) is 7.39. The van der Waals surface area contributed by atoms with Crippen molar-refractivity contribution in [3.05, 3.63) is 16.9 Å². The maximum absolute atomic E-state index is 5.97. The van der Waals surface area contributed by atoms with Gasteiger partial charge in [-0.2, -0.15) is 5.10 Å². The molecule has 1 heterocycles. The molecule has 0 bridgehead atoms. The SMILES string of the molecule is Cc1nn(CCCNC(=S)NC2CCCCC2)cc1Cl. The van der Waals surface area contributed by atoms with Crippen LogP contribution in [0.5, 0.6) is 0 Å². The Morgan fingerprint density at radius 2 is 2.20 bits per heavy atom. The van der Waals surface area contributed by atoms with Gasteiger partial charge in [0.2, 0.25) is 0 Å². The highest BCUT2D eigenvalue weighted by Crippen LogP contribution is 2.17. The topological polar surface area (TPSA) is 41.9 Å². The summed E-state index contributed by atoms with van der Waals surface area (Å²) in [6, 6.07) is 0.566. The van der Waals surface area contributed by atoms with Gasteiger partial charge in [0.1, 0.15) is 0 Å². The molecule has 0 aliphatic heterocycles. The van der Waals surface area contributed by atoms with E-state index in [1.54, 1.807) is 0 Å². The third kappa shape index (κ3) is 4.94. The lowest BCUT2D eigenvalue weighted by atomic mass is 9.96.